The summed E-state index contributed by atoms with van der Waals surface area (Å²) in [5, 5.41) is 11.5. The summed E-state index contributed by atoms with van der Waals surface area (Å²) in [6, 6.07) is 5.35. The first-order chi connectivity index (χ1) is 8.69. The number of hydrogen-bond donors (Lipinski definition) is 1. The standard InChI is InChI=1S/C13H17N3OS/c1-3-4-8-18-10(2)13(17)16-11-6-5-7-15-12(11)9-14/h5-7,10H,3-4,8H2,1-2H3,(H,16,17). The molecular weight excluding hydrogens is 246 g/mol. The Morgan fingerprint density at radius 3 is 3.11 bits per heavy atom. The van der Waals surface area contributed by atoms with Crippen LogP contribution in [0.2, 0.25) is 0 Å². The van der Waals surface area contributed by atoms with Gasteiger partial charge >= 0.3 is 0 Å². The Morgan fingerprint density at radius 1 is 1.67 bits per heavy atom. The third-order valence-corrected chi connectivity index (χ3v) is 3.64. The van der Waals surface area contributed by atoms with Gasteiger partial charge in [0.1, 0.15) is 6.07 Å². The summed E-state index contributed by atoms with van der Waals surface area (Å²) in [4.78, 5) is 15.8. The van der Waals surface area contributed by atoms with Gasteiger partial charge in [0.05, 0.1) is 10.9 Å². The molecule has 0 aromatic carbocycles. The lowest BCUT2D eigenvalue weighted by molar-refractivity contribution is -0.115. The van der Waals surface area contributed by atoms with Gasteiger partial charge in [-0.25, -0.2) is 4.98 Å². The average Bonchev–Trinajstić information content (AvgIpc) is 2.39. The quantitative estimate of drug-likeness (QED) is 0.801. The topological polar surface area (TPSA) is 65.8 Å². The number of unbranched alkanes of at least 4 members (excludes halogenated alkanes) is 1. The van der Waals surface area contributed by atoms with Gasteiger partial charge in [0.15, 0.2) is 5.69 Å². The SMILES string of the molecule is CCCCSC(C)C(=O)Nc1cccnc1C#N. The van der Waals surface area contributed by atoms with Crippen LogP contribution >= 0.6 is 11.8 Å². The molecule has 18 heavy (non-hydrogen) atoms. The number of nitrogens with one attached hydrogen (secondary N) is 1. The van der Waals surface area contributed by atoms with Gasteiger partial charge in [0.2, 0.25) is 5.91 Å². The van der Waals surface area contributed by atoms with E-state index in [9.17, 15) is 4.79 Å². The summed E-state index contributed by atoms with van der Waals surface area (Å²) in [6.07, 6.45) is 3.77. The Bertz CT molecular complexity index is 442. The normalized spacial score (nSPS) is 11.6. The maximum atomic E-state index is 11.9. The summed E-state index contributed by atoms with van der Waals surface area (Å²) in [6.45, 7) is 4.00. The molecule has 0 saturated carbocycles. The van der Waals surface area contributed by atoms with Crippen molar-refractivity contribution in [1.29, 1.82) is 5.26 Å². The van der Waals surface area contributed by atoms with Crippen LogP contribution in [0.1, 0.15) is 32.4 Å². The molecule has 1 N–H and O–H groups in total. The Hall–Kier alpha value is -1.54. The fourth-order valence-corrected chi connectivity index (χ4v) is 2.33. The van der Waals surface area contributed by atoms with E-state index in [4.69, 9.17) is 5.26 Å². The van der Waals surface area contributed by atoms with Gasteiger partial charge in [-0.2, -0.15) is 5.26 Å². The highest BCUT2D eigenvalue weighted by atomic mass is 32.2. The molecule has 0 aliphatic heterocycles. The molecule has 0 radical (unpaired) electrons. The number of anilines is 1. The molecule has 1 amide bonds. The van der Waals surface area contributed by atoms with Crippen LogP contribution in [0.15, 0.2) is 18.3 Å². The molecule has 0 bridgehead atoms. The second-order valence-corrected chi connectivity index (χ2v) is 5.32. The van der Waals surface area contributed by atoms with Crippen molar-refractivity contribution < 1.29 is 4.79 Å². The van der Waals surface area contributed by atoms with Gasteiger partial charge in [-0.05, 0) is 31.2 Å². The number of pyridine rings is 1. The zero-order chi connectivity index (χ0) is 13.4. The molecule has 1 heterocycles. The third kappa shape index (κ3) is 4.38. The highest BCUT2D eigenvalue weighted by molar-refractivity contribution is 8.00. The second-order valence-electron chi connectivity index (χ2n) is 3.87. The Balaban J connectivity index is 2.56. The molecule has 4 nitrogen and oxygen atoms in total. The number of aromatic nitrogens is 1. The van der Waals surface area contributed by atoms with E-state index in [0.717, 1.165) is 18.6 Å². The Morgan fingerprint density at radius 2 is 2.44 bits per heavy atom. The van der Waals surface area contributed by atoms with E-state index in [2.05, 4.69) is 17.2 Å². The van der Waals surface area contributed by atoms with Gasteiger partial charge in [0.25, 0.3) is 0 Å². The molecule has 5 heteroatoms. The van der Waals surface area contributed by atoms with E-state index < -0.39 is 0 Å². The number of carbonyl (C=O) groups excluding carboxylic acids is 1. The van der Waals surface area contributed by atoms with E-state index in [1.165, 1.54) is 6.20 Å². The van der Waals surface area contributed by atoms with Crippen LogP contribution in [0, 0.1) is 11.3 Å². The molecule has 1 unspecified atom stereocenters. The monoisotopic (exact) mass is 263 g/mol. The van der Waals surface area contributed by atoms with Crippen molar-refractivity contribution in [1.82, 2.24) is 4.98 Å². The predicted molar refractivity (Wildman–Crippen MR) is 74.4 cm³/mol. The van der Waals surface area contributed by atoms with Crippen molar-refractivity contribution in [3.63, 3.8) is 0 Å². The maximum absolute atomic E-state index is 11.9. The van der Waals surface area contributed by atoms with Crippen LogP contribution < -0.4 is 5.32 Å². The number of thioether (sulfide) groups is 1. The number of amides is 1. The lowest BCUT2D eigenvalue weighted by Crippen LogP contribution is -2.23. The van der Waals surface area contributed by atoms with Crippen molar-refractivity contribution in [2.75, 3.05) is 11.1 Å². The zero-order valence-electron chi connectivity index (χ0n) is 10.6. The van der Waals surface area contributed by atoms with E-state index in [1.807, 2.05) is 13.0 Å². The minimum absolute atomic E-state index is 0.0828. The third-order valence-electron chi connectivity index (χ3n) is 2.41. The van der Waals surface area contributed by atoms with Crippen LogP contribution in [0.4, 0.5) is 5.69 Å². The Kier molecular flexibility index (Phi) is 6.23. The number of hydrogen-bond acceptors (Lipinski definition) is 4. The maximum Gasteiger partial charge on any atom is 0.237 e. The van der Waals surface area contributed by atoms with Crippen LogP contribution in [0.3, 0.4) is 0 Å². The molecule has 1 aromatic rings. The van der Waals surface area contributed by atoms with Crippen molar-refractivity contribution in [3.8, 4) is 6.07 Å². The van der Waals surface area contributed by atoms with Crippen LogP contribution in [0.25, 0.3) is 0 Å². The van der Waals surface area contributed by atoms with E-state index in [1.54, 1.807) is 23.9 Å². The summed E-state index contributed by atoms with van der Waals surface area (Å²) in [5.41, 5.74) is 0.726. The molecule has 1 atom stereocenters. The molecule has 1 aromatic heterocycles. The van der Waals surface area contributed by atoms with Crippen LogP contribution in [-0.4, -0.2) is 21.9 Å². The van der Waals surface area contributed by atoms with Crippen LogP contribution in [-0.2, 0) is 4.79 Å². The van der Waals surface area contributed by atoms with E-state index in [0.29, 0.717) is 5.69 Å². The van der Waals surface area contributed by atoms with Gasteiger partial charge in [0, 0.05) is 6.20 Å². The molecule has 0 aliphatic carbocycles. The minimum atomic E-state index is -0.122. The molecular formula is C13H17N3OS. The van der Waals surface area contributed by atoms with Crippen molar-refractivity contribution >= 4 is 23.4 Å². The molecule has 0 fully saturated rings. The minimum Gasteiger partial charge on any atom is -0.323 e. The molecule has 0 aliphatic rings. The van der Waals surface area contributed by atoms with E-state index >= 15 is 0 Å². The lowest BCUT2D eigenvalue weighted by Gasteiger charge is -2.12. The molecule has 1 rings (SSSR count). The van der Waals surface area contributed by atoms with Gasteiger partial charge in [-0.1, -0.05) is 13.3 Å². The highest BCUT2D eigenvalue weighted by Gasteiger charge is 2.14. The summed E-state index contributed by atoms with van der Waals surface area (Å²) in [5.74, 6) is 0.893. The second kappa shape index (κ2) is 7.72. The summed E-state index contributed by atoms with van der Waals surface area (Å²) < 4.78 is 0. The largest absolute Gasteiger partial charge is 0.323 e. The predicted octanol–water partition coefficient (Wildman–Crippen LogP) is 2.81. The van der Waals surface area contributed by atoms with E-state index in [-0.39, 0.29) is 16.9 Å². The van der Waals surface area contributed by atoms with Gasteiger partial charge in [-0.3, -0.25) is 4.79 Å². The number of nitrogens with zero attached hydrogens (tertiary/aromatic N) is 2. The fourth-order valence-electron chi connectivity index (χ4n) is 1.31. The van der Waals surface area contributed by atoms with Gasteiger partial charge in [-0.15, -0.1) is 11.8 Å². The summed E-state index contributed by atoms with van der Waals surface area (Å²) >= 11 is 1.63. The average molecular weight is 263 g/mol. The zero-order valence-corrected chi connectivity index (χ0v) is 11.5. The van der Waals surface area contributed by atoms with Crippen molar-refractivity contribution in [3.05, 3.63) is 24.0 Å². The summed E-state index contributed by atoms with van der Waals surface area (Å²) in [7, 11) is 0. The first-order valence-corrected chi connectivity index (χ1v) is 7.01. The molecule has 0 saturated heterocycles. The number of rotatable bonds is 6. The molecule has 0 spiro atoms. The Labute approximate surface area is 112 Å². The number of carbonyl (C=O) groups is 1. The first kappa shape index (κ1) is 14.5. The van der Waals surface area contributed by atoms with Crippen molar-refractivity contribution in [2.45, 2.75) is 31.9 Å². The van der Waals surface area contributed by atoms with Gasteiger partial charge < -0.3 is 5.32 Å². The number of nitriles is 1. The molecule has 96 valence electrons. The van der Waals surface area contributed by atoms with Crippen LogP contribution in [0.5, 0.6) is 0 Å². The smallest absolute Gasteiger partial charge is 0.237 e. The van der Waals surface area contributed by atoms with Crippen molar-refractivity contribution in [2.24, 2.45) is 0 Å². The first-order valence-electron chi connectivity index (χ1n) is 5.96. The highest BCUT2D eigenvalue weighted by Crippen LogP contribution is 2.16. The fraction of sp³-hybridized carbons (Fsp3) is 0.462. The lowest BCUT2D eigenvalue weighted by atomic mass is 10.3.